The molecule has 1 saturated carbocycles. The van der Waals surface area contributed by atoms with Crippen LogP contribution in [0.2, 0.25) is 5.02 Å². The van der Waals surface area contributed by atoms with Gasteiger partial charge in [-0.25, -0.2) is 0 Å². The predicted octanol–water partition coefficient (Wildman–Crippen LogP) is 4.98. The second-order valence-corrected chi connectivity index (χ2v) is 6.55. The molecule has 1 aliphatic carbocycles. The summed E-state index contributed by atoms with van der Waals surface area (Å²) in [4.78, 5) is 1.36. The van der Waals surface area contributed by atoms with Crippen LogP contribution in [0.3, 0.4) is 0 Å². The number of methoxy groups -OCH3 is 2. The second kappa shape index (κ2) is 6.16. The summed E-state index contributed by atoms with van der Waals surface area (Å²) in [6.07, 6.45) is 2.53. The lowest BCUT2D eigenvalue weighted by Gasteiger charge is -2.21. The monoisotopic (exact) mass is 323 g/mol. The molecule has 1 unspecified atom stereocenters. The summed E-state index contributed by atoms with van der Waals surface area (Å²) in [7, 11) is 3.27. The van der Waals surface area contributed by atoms with Crippen LogP contribution in [-0.4, -0.2) is 14.2 Å². The van der Waals surface area contributed by atoms with Gasteiger partial charge in [0.2, 0.25) is 0 Å². The standard InChI is InChI=1S/C16H18ClNO2S/c1-19-13-9-12(14(20-2)8-11(13)17)18-16(10-5-6-10)15-4-3-7-21-15/h3-4,7-10,16,18H,5-6H2,1-2H3. The van der Waals surface area contributed by atoms with Crippen molar-refractivity contribution in [1.29, 1.82) is 0 Å². The highest BCUT2D eigenvalue weighted by atomic mass is 35.5. The summed E-state index contributed by atoms with van der Waals surface area (Å²) in [5.74, 6) is 2.08. The number of nitrogens with one attached hydrogen (secondary N) is 1. The van der Waals surface area contributed by atoms with Crippen LogP contribution in [0.25, 0.3) is 0 Å². The van der Waals surface area contributed by atoms with E-state index in [-0.39, 0.29) is 0 Å². The Balaban J connectivity index is 1.91. The first kappa shape index (κ1) is 14.5. The Morgan fingerprint density at radius 1 is 1.24 bits per heavy atom. The Bertz CT molecular complexity index is 611. The summed E-state index contributed by atoms with van der Waals surface area (Å²) >= 11 is 7.95. The lowest BCUT2D eigenvalue weighted by molar-refractivity contribution is 0.404. The van der Waals surface area contributed by atoms with Crippen LogP contribution in [0, 0.1) is 5.92 Å². The van der Waals surface area contributed by atoms with Crippen molar-refractivity contribution in [3.8, 4) is 11.5 Å². The number of anilines is 1. The largest absolute Gasteiger partial charge is 0.495 e. The van der Waals surface area contributed by atoms with E-state index in [0.29, 0.717) is 22.7 Å². The quantitative estimate of drug-likeness (QED) is 0.813. The Labute approximate surface area is 133 Å². The number of thiophene rings is 1. The van der Waals surface area contributed by atoms with E-state index >= 15 is 0 Å². The molecule has 1 aromatic carbocycles. The molecule has 0 radical (unpaired) electrons. The maximum absolute atomic E-state index is 6.16. The van der Waals surface area contributed by atoms with Crippen molar-refractivity contribution in [1.82, 2.24) is 0 Å². The van der Waals surface area contributed by atoms with Crippen LogP contribution in [0.1, 0.15) is 23.8 Å². The SMILES string of the molecule is COc1cc(NC(c2cccs2)C2CC2)c(OC)cc1Cl. The summed E-state index contributed by atoms with van der Waals surface area (Å²) < 4.78 is 10.8. The molecule has 1 N–H and O–H groups in total. The fourth-order valence-corrected chi connectivity index (χ4v) is 3.56. The first-order valence-electron chi connectivity index (χ1n) is 6.94. The molecular weight excluding hydrogens is 306 g/mol. The number of rotatable bonds is 6. The molecule has 112 valence electrons. The molecule has 0 amide bonds. The summed E-state index contributed by atoms with van der Waals surface area (Å²) in [6.45, 7) is 0. The maximum Gasteiger partial charge on any atom is 0.143 e. The summed E-state index contributed by atoms with van der Waals surface area (Å²) in [5.41, 5.74) is 0.920. The van der Waals surface area contributed by atoms with Gasteiger partial charge >= 0.3 is 0 Å². The lowest BCUT2D eigenvalue weighted by atomic mass is 10.1. The molecule has 5 heteroatoms. The van der Waals surface area contributed by atoms with E-state index in [1.54, 1.807) is 31.6 Å². The van der Waals surface area contributed by atoms with Crippen molar-refractivity contribution in [2.45, 2.75) is 18.9 Å². The minimum absolute atomic E-state index is 0.324. The topological polar surface area (TPSA) is 30.5 Å². The van der Waals surface area contributed by atoms with E-state index in [9.17, 15) is 0 Å². The van der Waals surface area contributed by atoms with Gasteiger partial charge in [-0.1, -0.05) is 17.7 Å². The zero-order valence-electron chi connectivity index (χ0n) is 12.1. The minimum atomic E-state index is 0.324. The molecule has 1 atom stereocenters. The van der Waals surface area contributed by atoms with Crippen LogP contribution in [0.15, 0.2) is 29.6 Å². The van der Waals surface area contributed by atoms with Gasteiger partial charge in [-0.3, -0.25) is 0 Å². The van der Waals surface area contributed by atoms with Crippen molar-refractivity contribution in [2.24, 2.45) is 5.92 Å². The number of hydrogen-bond donors (Lipinski definition) is 1. The average molecular weight is 324 g/mol. The molecule has 21 heavy (non-hydrogen) atoms. The Morgan fingerprint density at radius 2 is 2.00 bits per heavy atom. The van der Waals surface area contributed by atoms with Gasteiger partial charge in [-0.15, -0.1) is 11.3 Å². The van der Waals surface area contributed by atoms with Crippen molar-refractivity contribution < 1.29 is 9.47 Å². The van der Waals surface area contributed by atoms with Crippen molar-refractivity contribution in [3.63, 3.8) is 0 Å². The Hall–Kier alpha value is -1.39. The third-order valence-electron chi connectivity index (χ3n) is 3.73. The fraction of sp³-hybridized carbons (Fsp3) is 0.375. The van der Waals surface area contributed by atoms with E-state index in [4.69, 9.17) is 21.1 Å². The van der Waals surface area contributed by atoms with Gasteiger partial charge in [-0.2, -0.15) is 0 Å². The number of halogens is 1. The van der Waals surface area contributed by atoms with Gasteiger partial charge in [0.05, 0.1) is 31.0 Å². The summed E-state index contributed by atoms with van der Waals surface area (Å²) in [6, 6.07) is 8.30. The van der Waals surface area contributed by atoms with Crippen LogP contribution < -0.4 is 14.8 Å². The zero-order chi connectivity index (χ0) is 14.8. The number of benzene rings is 1. The zero-order valence-corrected chi connectivity index (χ0v) is 13.6. The molecule has 1 heterocycles. The van der Waals surface area contributed by atoms with Gasteiger partial charge in [0, 0.05) is 17.0 Å². The number of ether oxygens (including phenoxy) is 2. The second-order valence-electron chi connectivity index (χ2n) is 5.16. The molecule has 1 aliphatic rings. The van der Waals surface area contributed by atoms with Crippen LogP contribution >= 0.6 is 22.9 Å². The molecule has 1 fully saturated rings. The molecule has 3 nitrogen and oxygen atoms in total. The molecule has 0 saturated heterocycles. The molecule has 3 rings (SSSR count). The van der Waals surface area contributed by atoms with Gasteiger partial charge in [0.25, 0.3) is 0 Å². The Morgan fingerprint density at radius 3 is 2.57 bits per heavy atom. The van der Waals surface area contributed by atoms with Crippen molar-refractivity contribution >= 4 is 28.6 Å². The predicted molar refractivity (Wildman–Crippen MR) is 88.0 cm³/mol. The van der Waals surface area contributed by atoms with Gasteiger partial charge in [-0.05, 0) is 30.2 Å². The van der Waals surface area contributed by atoms with Gasteiger partial charge in [0.1, 0.15) is 11.5 Å². The first-order valence-corrected chi connectivity index (χ1v) is 8.20. The average Bonchev–Trinajstić information content (AvgIpc) is 3.19. The fourth-order valence-electron chi connectivity index (χ4n) is 2.46. The molecule has 2 aromatic rings. The van der Waals surface area contributed by atoms with E-state index < -0.39 is 0 Å². The molecule has 0 aliphatic heterocycles. The van der Waals surface area contributed by atoms with E-state index in [1.165, 1.54) is 17.7 Å². The number of hydrogen-bond acceptors (Lipinski definition) is 4. The van der Waals surface area contributed by atoms with Crippen molar-refractivity contribution in [3.05, 3.63) is 39.5 Å². The lowest BCUT2D eigenvalue weighted by Crippen LogP contribution is -2.12. The smallest absolute Gasteiger partial charge is 0.143 e. The molecule has 0 spiro atoms. The minimum Gasteiger partial charge on any atom is -0.495 e. The normalized spacial score (nSPS) is 15.6. The van der Waals surface area contributed by atoms with E-state index in [2.05, 4.69) is 22.8 Å². The Kier molecular flexibility index (Phi) is 4.27. The van der Waals surface area contributed by atoms with Crippen LogP contribution in [0.5, 0.6) is 11.5 Å². The highest BCUT2D eigenvalue weighted by molar-refractivity contribution is 7.10. The van der Waals surface area contributed by atoms with E-state index in [0.717, 1.165) is 11.4 Å². The highest BCUT2D eigenvalue weighted by Crippen LogP contribution is 2.46. The van der Waals surface area contributed by atoms with E-state index in [1.807, 2.05) is 6.07 Å². The summed E-state index contributed by atoms with van der Waals surface area (Å²) in [5, 5.41) is 6.28. The molecule has 0 bridgehead atoms. The van der Waals surface area contributed by atoms with Crippen molar-refractivity contribution in [2.75, 3.05) is 19.5 Å². The first-order chi connectivity index (χ1) is 10.2. The third-order valence-corrected chi connectivity index (χ3v) is 4.98. The van der Waals surface area contributed by atoms with Gasteiger partial charge < -0.3 is 14.8 Å². The highest BCUT2D eigenvalue weighted by Gasteiger charge is 2.33. The maximum atomic E-state index is 6.16. The third kappa shape index (κ3) is 3.11. The van der Waals surface area contributed by atoms with Crippen LogP contribution in [-0.2, 0) is 0 Å². The molecule has 1 aromatic heterocycles. The van der Waals surface area contributed by atoms with Gasteiger partial charge in [0.15, 0.2) is 0 Å². The molecular formula is C16H18ClNO2S. The van der Waals surface area contributed by atoms with Crippen LogP contribution in [0.4, 0.5) is 5.69 Å².